The van der Waals surface area contributed by atoms with Crippen LogP contribution in [0.1, 0.15) is 30.7 Å². The molecule has 2 aromatic heterocycles. The first-order valence-electron chi connectivity index (χ1n) is 10.8. The van der Waals surface area contributed by atoms with E-state index in [0.29, 0.717) is 24.1 Å². The molecule has 0 atom stereocenters. The molecule has 8 heteroatoms. The van der Waals surface area contributed by atoms with Gasteiger partial charge in [-0.3, -0.25) is 0 Å². The number of aromatic nitrogens is 4. The molecule has 3 heterocycles. The SMILES string of the molecule is COc1ccc(Nc2nccc(-n3nc(C)cc3C)n2)cc1OCCCN1CCCC1. The van der Waals surface area contributed by atoms with E-state index in [1.165, 1.54) is 25.9 Å². The molecule has 3 aromatic rings. The van der Waals surface area contributed by atoms with Crippen molar-refractivity contribution in [1.29, 1.82) is 0 Å². The lowest BCUT2D eigenvalue weighted by Gasteiger charge is -2.16. The van der Waals surface area contributed by atoms with Crippen molar-refractivity contribution in [2.45, 2.75) is 33.1 Å². The predicted molar refractivity (Wildman–Crippen MR) is 121 cm³/mol. The minimum atomic E-state index is 0.496. The fourth-order valence-corrected chi connectivity index (χ4v) is 3.86. The third-order valence-corrected chi connectivity index (χ3v) is 5.36. The van der Waals surface area contributed by atoms with E-state index in [9.17, 15) is 0 Å². The Morgan fingerprint density at radius 2 is 1.90 bits per heavy atom. The second-order valence-electron chi connectivity index (χ2n) is 7.82. The van der Waals surface area contributed by atoms with E-state index in [-0.39, 0.29) is 0 Å². The van der Waals surface area contributed by atoms with Gasteiger partial charge >= 0.3 is 0 Å². The number of ether oxygens (including phenoxy) is 2. The summed E-state index contributed by atoms with van der Waals surface area (Å²) in [5, 5.41) is 7.75. The van der Waals surface area contributed by atoms with Crippen LogP contribution in [0.3, 0.4) is 0 Å². The quantitative estimate of drug-likeness (QED) is 0.524. The first kappa shape index (κ1) is 21.1. The maximum atomic E-state index is 6.03. The highest BCUT2D eigenvalue weighted by Gasteiger charge is 2.12. The number of likely N-dealkylation sites (tertiary alicyclic amines) is 1. The van der Waals surface area contributed by atoms with Gasteiger partial charge in [0.25, 0.3) is 0 Å². The Bertz CT molecular complexity index is 1010. The highest BCUT2D eigenvalue weighted by molar-refractivity contribution is 5.60. The van der Waals surface area contributed by atoms with Crippen molar-refractivity contribution >= 4 is 11.6 Å². The molecule has 31 heavy (non-hydrogen) atoms. The number of benzene rings is 1. The molecule has 0 unspecified atom stereocenters. The Labute approximate surface area is 183 Å². The highest BCUT2D eigenvalue weighted by Crippen LogP contribution is 2.31. The summed E-state index contributed by atoms with van der Waals surface area (Å²) < 4.78 is 13.3. The summed E-state index contributed by atoms with van der Waals surface area (Å²) in [4.78, 5) is 11.4. The second kappa shape index (κ2) is 9.78. The third kappa shape index (κ3) is 5.32. The molecule has 0 aliphatic carbocycles. The molecule has 4 rings (SSSR count). The Morgan fingerprint density at radius 1 is 1.06 bits per heavy atom. The van der Waals surface area contributed by atoms with Crippen LogP contribution in [-0.4, -0.2) is 58.0 Å². The molecule has 1 fully saturated rings. The van der Waals surface area contributed by atoms with E-state index in [0.717, 1.165) is 35.9 Å². The van der Waals surface area contributed by atoms with Crippen molar-refractivity contribution < 1.29 is 9.47 Å². The average Bonchev–Trinajstić information content (AvgIpc) is 3.40. The maximum absolute atomic E-state index is 6.03. The Morgan fingerprint density at radius 3 is 2.65 bits per heavy atom. The summed E-state index contributed by atoms with van der Waals surface area (Å²) in [6.07, 6.45) is 5.34. The van der Waals surface area contributed by atoms with Gasteiger partial charge in [-0.05, 0) is 64.4 Å². The van der Waals surface area contributed by atoms with Crippen molar-refractivity contribution in [3.05, 3.63) is 47.9 Å². The molecule has 1 aromatic carbocycles. The molecule has 0 radical (unpaired) electrons. The van der Waals surface area contributed by atoms with Crippen LogP contribution in [-0.2, 0) is 0 Å². The number of hydrogen-bond acceptors (Lipinski definition) is 7. The van der Waals surface area contributed by atoms with E-state index in [4.69, 9.17) is 9.47 Å². The van der Waals surface area contributed by atoms with Crippen LogP contribution in [0.2, 0.25) is 0 Å². The lowest BCUT2D eigenvalue weighted by Crippen LogP contribution is -2.21. The largest absolute Gasteiger partial charge is 0.493 e. The molecular formula is C23H30N6O2. The third-order valence-electron chi connectivity index (χ3n) is 5.36. The lowest BCUT2D eigenvalue weighted by molar-refractivity contribution is 0.254. The lowest BCUT2D eigenvalue weighted by atomic mass is 10.2. The number of anilines is 2. The molecule has 8 nitrogen and oxygen atoms in total. The number of methoxy groups -OCH3 is 1. The Kier molecular flexibility index (Phi) is 6.66. The summed E-state index contributed by atoms with van der Waals surface area (Å²) in [5.41, 5.74) is 2.81. The molecule has 0 saturated carbocycles. The molecule has 1 aliphatic heterocycles. The predicted octanol–water partition coefficient (Wildman–Crippen LogP) is 3.90. The van der Waals surface area contributed by atoms with Gasteiger partial charge in [0.05, 0.1) is 19.4 Å². The van der Waals surface area contributed by atoms with Gasteiger partial charge in [0.2, 0.25) is 5.95 Å². The topological polar surface area (TPSA) is 77.3 Å². The van der Waals surface area contributed by atoms with Crippen LogP contribution < -0.4 is 14.8 Å². The number of hydrogen-bond donors (Lipinski definition) is 1. The molecule has 1 aliphatic rings. The Hall–Kier alpha value is -3.13. The highest BCUT2D eigenvalue weighted by atomic mass is 16.5. The molecule has 0 spiro atoms. The molecular weight excluding hydrogens is 392 g/mol. The van der Waals surface area contributed by atoms with Gasteiger partial charge in [0, 0.05) is 36.3 Å². The van der Waals surface area contributed by atoms with E-state index in [1.54, 1.807) is 13.3 Å². The minimum Gasteiger partial charge on any atom is -0.493 e. The van der Waals surface area contributed by atoms with Gasteiger partial charge in [-0.1, -0.05) is 0 Å². The zero-order chi connectivity index (χ0) is 21.6. The van der Waals surface area contributed by atoms with Crippen LogP contribution in [0.25, 0.3) is 5.82 Å². The fraction of sp³-hybridized carbons (Fsp3) is 0.435. The van der Waals surface area contributed by atoms with Crippen molar-refractivity contribution in [2.24, 2.45) is 0 Å². The van der Waals surface area contributed by atoms with Crippen LogP contribution in [0, 0.1) is 13.8 Å². The van der Waals surface area contributed by atoms with E-state index in [2.05, 4.69) is 25.3 Å². The van der Waals surface area contributed by atoms with Crippen LogP contribution >= 0.6 is 0 Å². The molecule has 1 N–H and O–H groups in total. The molecule has 0 amide bonds. The van der Waals surface area contributed by atoms with Crippen molar-refractivity contribution in [3.8, 4) is 17.3 Å². The molecule has 0 bridgehead atoms. The summed E-state index contributed by atoms with van der Waals surface area (Å²) >= 11 is 0. The number of nitrogens with one attached hydrogen (secondary N) is 1. The monoisotopic (exact) mass is 422 g/mol. The van der Waals surface area contributed by atoms with Gasteiger partial charge in [-0.25, -0.2) is 9.67 Å². The van der Waals surface area contributed by atoms with Gasteiger partial charge in [0.15, 0.2) is 17.3 Å². The second-order valence-corrected chi connectivity index (χ2v) is 7.82. The van der Waals surface area contributed by atoms with Crippen molar-refractivity contribution in [1.82, 2.24) is 24.6 Å². The van der Waals surface area contributed by atoms with Crippen molar-refractivity contribution in [3.63, 3.8) is 0 Å². The van der Waals surface area contributed by atoms with Gasteiger partial charge < -0.3 is 19.7 Å². The first-order chi connectivity index (χ1) is 15.1. The summed E-state index contributed by atoms with van der Waals surface area (Å²) in [6.45, 7) is 8.12. The van der Waals surface area contributed by atoms with Crippen LogP contribution in [0.4, 0.5) is 11.6 Å². The number of aryl methyl sites for hydroxylation is 2. The Balaban J connectivity index is 1.43. The average molecular weight is 423 g/mol. The number of rotatable bonds is 9. The number of nitrogens with zero attached hydrogens (tertiary/aromatic N) is 5. The van der Waals surface area contributed by atoms with Crippen molar-refractivity contribution in [2.75, 3.05) is 38.7 Å². The molecule has 1 saturated heterocycles. The smallest absolute Gasteiger partial charge is 0.229 e. The summed E-state index contributed by atoms with van der Waals surface area (Å²) in [6, 6.07) is 9.60. The normalized spacial score (nSPS) is 14.0. The van der Waals surface area contributed by atoms with E-state index >= 15 is 0 Å². The van der Waals surface area contributed by atoms with Gasteiger partial charge in [-0.2, -0.15) is 10.1 Å². The minimum absolute atomic E-state index is 0.496. The fourth-order valence-electron chi connectivity index (χ4n) is 3.86. The zero-order valence-corrected chi connectivity index (χ0v) is 18.5. The van der Waals surface area contributed by atoms with Crippen LogP contribution in [0.5, 0.6) is 11.5 Å². The molecule has 164 valence electrons. The summed E-state index contributed by atoms with van der Waals surface area (Å²) in [7, 11) is 1.65. The maximum Gasteiger partial charge on any atom is 0.229 e. The van der Waals surface area contributed by atoms with Gasteiger partial charge in [-0.15, -0.1) is 0 Å². The van der Waals surface area contributed by atoms with Crippen LogP contribution in [0.15, 0.2) is 36.5 Å². The van der Waals surface area contributed by atoms with E-state index < -0.39 is 0 Å². The van der Waals surface area contributed by atoms with E-state index in [1.807, 2.05) is 48.9 Å². The summed E-state index contributed by atoms with van der Waals surface area (Å²) in [5.74, 6) is 2.64. The standard InChI is InChI=1S/C23H30N6O2/c1-17-15-18(2)29(27-17)22-9-10-24-23(26-22)25-19-7-8-20(30-3)21(16-19)31-14-6-13-28-11-4-5-12-28/h7-10,15-16H,4-6,11-14H2,1-3H3,(H,24,25,26). The first-order valence-corrected chi connectivity index (χ1v) is 10.8. The van der Waals surface area contributed by atoms with Gasteiger partial charge in [0.1, 0.15) is 0 Å². The zero-order valence-electron chi connectivity index (χ0n) is 18.5.